The average Bonchev–Trinajstić information content (AvgIpc) is 2.43. The maximum atomic E-state index is 11.4. The van der Waals surface area contributed by atoms with Crippen LogP contribution in [0.2, 0.25) is 0 Å². The maximum Gasteiger partial charge on any atom is 0.213 e. The molecular weight excluding hydrogens is 180 g/mol. The van der Waals surface area contributed by atoms with Gasteiger partial charge in [0.2, 0.25) is 11.6 Å². The zero-order chi connectivity index (χ0) is 10.1. The second-order valence-corrected chi connectivity index (χ2v) is 3.27. The minimum Gasteiger partial charge on any atom is -0.298 e. The highest BCUT2D eigenvalue weighted by Crippen LogP contribution is 2.25. The van der Waals surface area contributed by atoms with Gasteiger partial charge in [-0.15, -0.1) is 0 Å². The Morgan fingerprint density at radius 2 is 1.64 bits per heavy atom. The number of Topliss-reactive ketones (excluding diaryl/α,β-unsaturated/α-hetero) is 3. The largest absolute Gasteiger partial charge is 0.298 e. The molecule has 0 heterocycles. The van der Waals surface area contributed by atoms with Crippen LogP contribution in [0.15, 0.2) is 30.3 Å². The van der Waals surface area contributed by atoms with Gasteiger partial charge in [-0.1, -0.05) is 30.3 Å². The molecular formula is C11H8O3. The van der Waals surface area contributed by atoms with Crippen LogP contribution in [0.3, 0.4) is 0 Å². The number of ketones is 3. The molecule has 1 atom stereocenters. The topological polar surface area (TPSA) is 51.2 Å². The van der Waals surface area contributed by atoms with Crippen molar-refractivity contribution in [1.82, 2.24) is 0 Å². The highest BCUT2D eigenvalue weighted by Gasteiger charge is 2.40. The molecule has 0 N–H and O–H groups in total. The van der Waals surface area contributed by atoms with Crippen molar-refractivity contribution in [2.45, 2.75) is 12.3 Å². The van der Waals surface area contributed by atoms with Crippen LogP contribution >= 0.6 is 0 Å². The first kappa shape index (κ1) is 8.81. The predicted octanol–water partition coefficient (Wildman–Crippen LogP) is 0.881. The van der Waals surface area contributed by atoms with Crippen LogP contribution in [0.4, 0.5) is 0 Å². The molecule has 0 radical (unpaired) electrons. The molecule has 1 aliphatic carbocycles. The lowest BCUT2D eigenvalue weighted by Crippen LogP contribution is -2.14. The number of benzene rings is 1. The van der Waals surface area contributed by atoms with Crippen LogP contribution in [0.25, 0.3) is 0 Å². The Morgan fingerprint density at radius 1 is 1.00 bits per heavy atom. The first-order valence-corrected chi connectivity index (χ1v) is 4.35. The number of hydrogen-bond acceptors (Lipinski definition) is 3. The Balaban J connectivity index is 2.41. The minimum absolute atomic E-state index is 0.238. The van der Waals surface area contributed by atoms with Gasteiger partial charge in [-0.05, 0) is 5.56 Å². The second-order valence-electron chi connectivity index (χ2n) is 3.27. The maximum absolute atomic E-state index is 11.4. The van der Waals surface area contributed by atoms with E-state index in [2.05, 4.69) is 0 Å². The van der Waals surface area contributed by atoms with E-state index in [9.17, 15) is 14.4 Å². The van der Waals surface area contributed by atoms with E-state index < -0.39 is 17.5 Å². The van der Waals surface area contributed by atoms with E-state index in [1.54, 1.807) is 30.3 Å². The Hall–Kier alpha value is -1.77. The lowest BCUT2D eigenvalue weighted by atomic mass is 9.96. The Labute approximate surface area is 80.7 Å². The Bertz CT molecular complexity index is 406. The van der Waals surface area contributed by atoms with Gasteiger partial charge in [-0.3, -0.25) is 14.4 Å². The molecule has 1 fully saturated rings. The van der Waals surface area contributed by atoms with E-state index in [0.29, 0.717) is 5.56 Å². The first-order valence-electron chi connectivity index (χ1n) is 4.35. The van der Waals surface area contributed by atoms with Gasteiger partial charge in [0.25, 0.3) is 0 Å². The van der Waals surface area contributed by atoms with Gasteiger partial charge in [0.15, 0.2) is 5.78 Å². The lowest BCUT2D eigenvalue weighted by Gasteiger charge is -2.04. The summed E-state index contributed by atoms with van der Waals surface area (Å²) in [6.45, 7) is 0. The molecule has 1 saturated carbocycles. The highest BCUT2D eigenvalue weighted by atomic mass is 16.2. The van der Waals surface area contributed by atoms with Crippen LogP contribution in [-0.4, -0.2) is 17.3 Å². The normalized spacial score (nSPS) is 21.7. The SMILES string of the molecule is O=C1CC(=O)C(c2ccccc2)C1=O. The summed E-state index contributed by atoms with van der Waals surface area (Å²) in [5.41, 5.74) is 0.619. The van der Waals surface area contributed by atoms with Gasteiger partial charge in [-0.25, -0.2) is 0 Å². The number of hydrogen-bond donors (Lipinski definition) is 0. The quantitative estimate of drug-likeness (QED) is 0.485. The lowest BCUT2D eigenvalue weighted by molar-refractivity contribution is -0.134. The van der Waals surface area contributed by atoms with E-state index in [0.717, 1.165) is 0 Å². The summed E-state index contributed by atoms with van der Waals surface area (Å²) in [5.74, 6) is -2.26. The summed E-state index contributed by atoms with van der Waals surface area (Å²) >= 11 is 0. The van der Waals surface area contributed by atoms with E-state index in [4.69, 9.17) is 0 Å². The molecule has 3 heteroatoms. The van der Waals surface area contributed by atoms with Crippen molar-refractivity contribution < 1.29 is 14.4 Å². The second kappa shape index (κ2) is 3.18. The molecule has 70 valence electrons. The smallest absolute Gasteiger partial charge is 0.213 e. The fraction of sp³-hybridized carbons (Fsp3) is 0.182. The average molecular weight is 188 g/mol. The third kappa shape index (κ3) is 1.27. The molecule has 0 spiro atoms. The summed E-state index contributed by atoms with van der Waals surface area (Å²) in [6, 6.07) is 8.69. The van der Waals surface area contributed by atoms with E-state index in [1.165, 1.54) is 0 Å². The van der Waals surface area contributed by atoms with Gasteiger partial charge in [0.1, 0.15) is 5.92 Å². The van der Waals surface area contributed by atoms with Crippen molar-refractivity contribution in [3.8, 4) is 0 Å². The molecule has 0 bridgehead atoms. The van der Waals surface area contributed by atoms with Crippen molar-refractivity contribution in [3.63, 3.8) is 0 Å². The third-order valence-electron chi connectivity index (χ3n) is 2.33. The van der Waals surface area contributed by atoms with Crippen LogP contribution < -0.4 is 0 Å². The molecule has 0 amide bonds. The molecule has 3 nitrogen and oxygen atoms in total. The number of carbonyl (C=O) groups is 3. The van der Waals surface area contributed by atoms with Gasteiger partial charge < -0.3 is 0 Å². The van der Waals surface area contributed by atoms with E-state index >= 15 is 0 Å². The zero-order valence-corrected chi connectivity index (χ0v) is 7.40. The summed E-state index contributed by atoms with van der Waals surface area (Å²) in [7, 11) is 0. The van der Waals surface area contributed by atoms with Crippen LogP contribution in [0.1, 0.15) is 17.9 Å². The highest BCUT2D eigenvalue weighted by molar-refractivity contribution is 6.51. The molecule has 14 heavy (non-hydrogen) atoms. The van der Waals surface area contributed by atoms with Gasteiger partial charge in [0.05, 0.1) is 6.42 Å². The van der Waals surface area contributed by atoms with Crippen LogP contribution in [0, 0.1) is 0 Å². The van der Waals surface area contributed by atoms with Crippen LogP contribution in [0.5, 0.6) is 0 Å². The van der Waals surface area contributed by atoms with Crippen molar-refractivity contribution in [3.05, 3.63) is 35.9 Å². The molecule has 0 aliphatic heterocycles. The molecule has 2 rings (SSSR count). The molecule has 1 aliphatic rings. The molecule has 1 unspecified atom stereocenters. The van der Waals surface area contributed by atoms with Crippen molar-refractivity contribution in [2.24, 2.45) is 0 Å². The first-order chi connectivity index (χ1) is 6.70. The Kier molecular flexibility index (Phi) is 2.00. The Morgan fingerprint density at radius 3 is 2.14 bits per heavy atom. The molecule has 0 aromatic heterocycles. The molecule has 1 aromatic rings. The summed E-state index contributed by atoms with van der Waals surface area (Å²) in [5, 5.41) is 0. The van der Waals surface area contributed by atoms with Crippen molar-refractivity contribution in [2.75, 3.05) is 0 Å². The fourth-order valence-electron chi connectivity index (χ4n) is 1.64. The zero-order valence-electron chi connectivity index (χ0n) is 7.40. The summed E-state index contributed by atoms with van der Waals surface area (Å²) < 4.78 is 0. The van der Waals surface area contributed by atoms with Crippen LogP contribution in [-0.2, 0) is 14.4 Å². The number of carbonyl (C=O) groups excluding carboxylic acids is 3. The standard InChI is InChI=1S/C11H8O3/c12-8-6-9(13)11(14)10(8)7-4-2-1-3-5-7/h1-5,10H,6H2. The minimum atomic E-state index is -0.844. The number of rotatable bonds is 1. The summed E-state index contributed by atoms with van der Waals surface area (Å²) in [4.78, 5) is 33.7. The van der Waals surface area contributed by atoms with Gasteiger partial charge in [-0.2, -0.15) is 0 Å². The van der Waals surface area contributed by atoms with E-state index in [1.807, 2.05) is 0 Å². The predicted molar refractivity (Wildman–Crippen MR) is 48.8 cm³/mol. The van der Waals surface area contributed by atoms with Gasteiger partial charge >= 0.3 is 0 Å². The van der Waals surface area contributed by atoms with Crippen molar-refractivity contribution >= 4 is 17.3 Å². The van der Waals surface area contributed by atoms with E-state index in [-0.39, 0.29) is 12.2 Å². The van der Waals surface area contributed by atoms with Gasteiger partial charge in [0, 0.05) is 0 Å². The monoisotopic (exact) mass is 188 g/mol. The fourth-order valence-corrected chi connectivity index (χ4v) is 1.64. The molecule has 1 aromatic carbocycles. The molecule has 0 saturated heterocycles. The third-order valence-corrected chi connectivity index (χ3v) is 2.33. The summed E-state index contributed by atoms with van der Waals surface area (Å²) in [6.07, 6.45) is -0.238. The van der Waals surface area contributed by atoms with Crippen molar-refractivity contribution in [1.29, 1.82) is 0 Å².